The molecule has 2 amide bonds. The van der Waals surface area contributed by atoms with Crippen molar-refractivity contribution in [2.24, 2.45) is 0 Å². The number of ether oxygens (including phenoxy) is 1. The second kappa shape index (κ2) is 8.85. The third kappa shape index (κ3) is 5.43. The fourth-order valence-corrected chi connectivity index (χ4v) is 3.02. The molecule has 0 saturated heterocycles. The summed E-state index contributed by atoms with van der Waals surface area (Å²) in [6, 6.07) is 12.0. The fourth-order valence-electron chi connectivity index (χ4n) is 1.93. The minimum absolute atomic E-state index is 0.0567. The molecule has 0 atom stereocenters. The van der Waals surface area contributed by atoms with Gasteiger partial charge in [-0.25, -0.2) is 12.7 Å². The monoisotopic (exact) mass is 411 g/mol. The van der Waals surface area contributed by atoms with Gasteiger partial charge in [0.15, 0.2) is 6.61 Å². The van der Waals surface area contributed by atoms with E-state index in [9.17, 15) is 18.0 Å². The summed E-state index contributed by atoms with van der Waals surface area (Å²) >= 11 is 5.91. The van der Waals surface area contributed by atoms with Gasteiger partial charge in [-0.3, -0.25) is 20.4 Å². The van der Waals surface area contributed by atoms with Crippen molar-refractivity contribution in [2.75, 3.05) is 20.7 Å². The lowest BCUT2D eigenvalue weighted by atomic mass is 10.2. The first-order chi connectivity index (χ1) is 12.7. The molecule has 144 valence electrons. The zero-order valence-electron chi connectivity index (χ0n) is 14.6. The van der Waals surface area contributed by atoms with Crippen LogP contribution in [0.2, 0.25) is 5.02 Å². The Kier molecular flexibility index (Phi) is 6.78. The average molecular weight is 412 g/mol. The van der Waals surface area contributed by atoms with E-state index in [4.69, 9.17) is 16.3 Å². The fraction of sp³-hybridized carbons (Fsp3) is 0.176. The Hall–Kier alpha value is -2.62. The molecule has 0 unspecified atom stereocenters. The van der Waals surface area contributed by atoms with Gasteiger partial charge < -0.3 is 4.74 Å². The van der Waals surface area contributed by atoms with Crippen molar-refractivity contribution in [3.63, 3.8) is 0 Å². The molecule has 0 aliphatic carbocycles. The first-order valence-electron chi connectivity index (χ1n) is 7.71. The number of carbonyl (C=O) groups excluding carboxylic acids is 2. The van der Waals surface area contributed by atoms with Gasteiger partial charge in [-0.1, -0.05) is 23.7 Å². The topological polar surface area (TPSA) is 105 Å². The number of nitrogens with zero attached hydrogens (tertiary/aromatic N) is 1. The lowest BCUT2D eigenvalue weighted by Crippen LogP contribution is -2.43. The van der Waals surface area contributed by atoms with Crippen LogP contribution >= 0.6 is 11.6 Å². The summed E-state index contributed by atoms with van der Waals surface area (Å²) in [7, 11) is -0.752. The highest BCUT2D eigenvalue weighted by Crippen LogP contribution is 2.22. The average Bonchev–Trinajstić information content (AvgIpc) is 2.65. The molecule has 2 aromatic carbocycles. The number of hydrazine groups is 1. The number of amides is 2. The standard InChI is InChI=1S/C17H18ClN3O5S/c1-21(2)27(24,25)13-9-7-12(8-10-13)17(23)20-19-16(22)11-26-15-6-4-3-5-14(15)18/h3-10H,11H2,1-2H3,(H,19,22)(H,20,23). The van der Waals surface area contributed by atoms with Crippen LogP contribution in [0.1, 0.15) is 10.4 Å². The number of nitrogens with one attached hydrogen (secondary N) is 2. The third-order valence-corrected chi connectivity index (χ3v) is 5.55. The van der Waals surface area contributed by atoms with E-state index in [0.29, 0.717) is 10.8 Å². The minimum atomic E-state index is -3.58. The normalized spacial score (nSPS) is 11.1. The molecule has 10 heteroatoms. The molecule has 2 aromatic rings. The summed E-state index contributed by atoms with van der Waals surface area (Å²) < 4.78 is 30.3. The van der Waals surface area contributed by atoms with Crippen molar-refractivity contribution in [2.45, 2.75) is 4.90 Å². The van der Waals surface area contributed by atoms with Crippen LogP contribution in [0.3, 0.4) is 0 Å². The number of halogens is 1. The van der Waals surface area contributed by atoms with Crippen LogP contribution < -0.4 is 15.6 Å². The molecule has 0 fully saturated rings. The van der Waals surface area contributed by atoms with Crippen LogP contribution in [-0.4, -0.2) is 45.2 Å². The summed E-state index contributed by atoms with van der Waals surface area (Å²) in [5, 5.41) is 0.363. The van der Waals surface area contributed by atoms with Gasteiger partial charge in [-0.2, -0.15) is 0 Å². The summed E-state index contributed by atoms with van der Waals surface area (Å²) in [6.45, 7) is -0.343. The van der Waals surface area contributed by atoms with E-state index in [1.54, 1.807) is 24.3 Å². The first kappa shape index (κ1) is 20.7. The Morgan fingerprint density at radius 3 is 2.26 bits per heavy atom. The highest BCUT2D eigenvalue weighted by Gasteiger charge is 2.17. The molecule has 0 radical (unpaired) electrons. The van der Waals surface area contributed by atoms with Crippen molar-refractivity contribution in [3.05, 3.63) is 59.1 Å². The van der Waals surface area contributed by atoms with Crippen molar-refractivity contribution >= 4 is 33.4 Å². The maximum Gasteiger partial charge on any atom is 0.276 e. The molecule has 8 nitrogen and oxygen atoms in total. The second-order valence-electron chi connectivity index (χ2n) is 5.53. The smallest absolute Gasteiger partial charge is 0.276 e. The van der Waals surface area contributed by atoms with Crippen molar-refractivity contribution in [3.8, 4) is 5.75 Å². The zero-order valence-corrected chi connectivity index (χ0v) is 16.2. The van der Waals surface area contributed by atoms with Gasteiger partial charge in [0.1, 0.15) is 5.75 Å². The number of hydrogen-bond donors (Lipinski definition) is 2. The molecule has 0 heterocycles. The first-order valence-corrected chi connectivity index (χ1v) is 9.52. The number of hydrogen-bond acceptors (Lipinski definition) is 5. The molecule has 0 aliphatic rings. The lowest BCUT2D eigenvalue weighted by Gasteiger charge is -2.12. The van der Waals surface area contributed by atoms with E-state index in [1.165, 1.54) is 38.4 Å². The van der Waals surface area contributed by atoms with Crippen molar-refractivity contribution in [1.82, 2.24) is 15.2 Å². The Bertz CT molecular complexity index is 930. The predicted octanol–water partition coefficient (Wildman–Crippen LogP) is 1.43. The molecule has 0 spiro atoms. The lowest BCUT2D eigenvalue weighted by molar-refractivity contribution is -0.123. The number of rotatable bonds is 6. The number of sulfonamides is 1. The molecule has 0 saturated carbocycles. The van der Waals surface area contributed by atoms with Crippen LogP contribution in [0.5, 0.6) is 5.75 Å². The molecule has 2 N–H and O–H groups in total. The van der Waals surface area contributed by atoms with E-state index >= 15 is 0 Å². The van der Waals surface area contributed by atoms with Crippen LogP contribution in [0.4, 0.5) is 0 Å². The summed E-state index contributed by atoms with van der Waals surface area (Å²) in [4.78, 5) is 23.8. The van der Waals surface area contributed by atoms with Gasteiger partial charge in [0.25, 0.3) is 11.8 Å². The van der Waals surface area contributed by atoms with Gasteiger partial charge in [-0.05, 0) is 36.4 Å². The summed E-state index contributed by atoms with van der Waals surface area (Å²) in [5.74, 6) is -0.844. The van der Waals surface area contributed by atoms with Crippen LogP contribution in [0.25, 0.3) is 0 Å². The molecular formula is C17H18ClN3O5S. The van der Waals surface area contributed by atoms with Gasteiger partial charge in [-0.15, -0.1) is 0 Å². The van der Waals surface area contributed by atoms with Crippen LogP contribution in [0, 0.1) is 0 Å². The second-order valence-corrected chi connectivity index (χ2v) is 8.09. The molecule has 0 aromatic heterocycles. The van der Waals surface area contributed by atoms with Crippen molar-refractivity contribution in [1.29, 1.82) is 0 Å². The summed E-state index contributed by atoms with van der Waals surface area (Å²) in [6.07, 6.45) is 0. The third-order valence-electron chi connectivity index (χ3n) is 3.41. The Morgan fingerprint density at radius 2 is 1.67 bits per heavy atom. The van der Waals surface area contributed by atoms with Gasteiger partial charge in [0.05, 0.1) is 9.92 Å². The van der Waals surface area contributed by atoms with Crippen LogP contribution in [0.15, 0.2) is 53.4 Å². The summed E-state index contributed by atoms with van der Waals surface area (Å²) in [5.41, 5.74) is 4.60. The molecule has 0 bridgehead atoms. The molecule has 27 heavy (non-hydrogen) atoms. The maximum atomic E-state index is 12.0. The van der Waals surface area contributed by atoms with E-state index in [0.717, 1.165) is 4.31 Å². The zero-order chi connectivity index (χ0) is 20.0. The van der Waals surface area contributed by atoms with Gasteiger partial charge in [0.2, 0.25) is 10.0 Å². The maximum absolute atomic E-state index is 12.0. The minimum Gasteiger partial charge on any atom is -0.482 e. The van der Waals surface area contributed by atoms with Crippen molar-refractivity contribution < 1.29 is 22.7 Å². The number of benzene rings is 2. The predicted molar refractivity (Wildman–Crippen MR) is 99.9 cm³/mol. The highest BCUT2D eigenvalue weighted by atomic mass is 35.5. The SMILES string of the molecule is CN(C)S(=O)(=O)c1ccc(C(=O)NNC(=O)COc2ccccc2Cl)cc1. The van der Waals surface area contributed by atoms with E-state index in [1.807, 2.05) is 0 Å². The van der Waals surface area contributed by atoms with Gasteiger partial charge >= 0.3 is 0 Å². The number of para-hydroxylation sites is 1. The van der Waals surface area contributed by atoms with Gasteiger partial charge in [0, 0.05) is 19.7 Å². The highest BCUT2D eigenvalue weighted by molar-refractivity contribution is 7.89. The van der Waals surface area contributed by atoms with E-state index < -0.39 is 21.8 Å². The molecular weight excluding hydrogens is 394 g/mol. The Morgan fingerprint density at radius 1 is 1.04 bits per heavy atom. The largest absolute Gasteiger partial charge is 0.482 e. The Balaban J connectivity index is 1.88. The molecule has 0 aliphatic heterocycles. The quantitative estimate of drug-likeness (QED) is 0.699. The van der Waals surface area contributed by atoms with E-state index in [2.05, 4.69) is 10.9 Å². The van der Waals surface area contributed by atoms with E-state index in [-0.39, 0.29) is 17.1 Å². The molecule has 2 rings (SSSR count). The van der Waals surface area contributed by atoms with Crippen LogP contribution in [-0.2, 0) is 14.8 Å². The number of carbonyl (C=O) groups is 2. The Labute approximate surface area is 162 Å².